The van der Waals surface area contributed by atoms with Crippen LogP contribution in [0.4, 0.5) is 0 Å². The molecule has 0 aromatic heterocycles. The van der Waals surface area contributed by atoms with Gasteiger partial charge in [0.25, 0.3) is 10.1 Å². The number of rotatable bonds is 4. The zero-order valence-electron chi connectivity index (χ0n) is 9.74. The highest BCUT2D eigenvalue weighted by atomic mass is 32.2. The fraction of sp³-hybridized carbons (Fsp3) is 1.00. The van der Waals surface area contributed by atoms with E-state index in [-0.39, 0.29) is 25.6 Å². The summed E-state index contributed by atoms with van der Waals surface area (Å²) in [6.45, 7) is 0.141. The second-order valence-electron chi connectivity index (χ2n) is 4.23. The van der Waals surface area contributed by atoms with Crippen LogP contribution in [-0.4, -0.2) is 64.6 Å². The third-order valence-corrected chi connectivity index (χ3v) is 4.48. The fourth-order valence-electron chi connectivity index (χ4n) is 1.66. The van der Waals surface area contributed by atoms with Crippen LogP contribution in [0.1, 0.15) is 6.42 Å². The van der Waals surface area contributed by atoms with Crippen molar-refractivity contribution in [2.75, 3.05) is 32.2 Å². The van der Waals surface area contributed by atoms with Crippen LogP contribution in [-0.2, 0) is 24.3 Å². The predicted molar refractivity (Wildman–Crippen MR) is 61.3 cm³/mol. The van der Waals surface area contributed by atoms with E-state index >= 15 is 0 Å². The summed E-state index contributed by atoms with van der Waals surface area (Å²) in [7, 11) is -6.84. The lowest BCUT2D eigenvalue weighted by Gasteiger charge is -2.33. The van der Waals surface area contributed by atoms with Gasteiger partial charge in [-0.2, -0.15) is 12.7 Å². The van der Waals surface area contributed by atoms with Gasteiger partial charge in [0, 0.05) is 19.0 Å². The standard InChI is InChI=1S/C8H17NO6S2/c1-16(11,12)9-4-3-7(8(10)5-9)6-15-17(2,13)14/h7-8,10H,3-6H2,1-2H3. The second-order valence-corrected chi connectivity index (χ2v) is 7.85. The SMILES string of the molecule is CS(=O)(=O)OCC1CCN(S(C)(=O)=O)CC1O. The van der Waals surface area contributed by atoms with Crippen molar-refractivity contribution in [2.45, 2.75) is 12.5 Å². The van der Waals surface area contributed by atoms with Crippen molar-refractivity contribution < 1.29 is 26.1 Å². The van der Waals surface area contributed by atoms with Gasteiger partial charge in [-0.25, -0.2) is 8.42 Å². The Kier molecular flexibility index (Phi) is 4.53. The van der Waals surface area contributed by atoms with Crippen LogP contribution in [0.5, 0.6) is 0 Å². The van der Waals surface area contributed by atoms with Crippen molar-refractivity contribution >= 4 is 20.1 Å². The monoisotopic (exact) mass is 287 g/mol. The number of sulfonamides is 1. The largest absolute Gasteiger partial charge is 0.391 e. The van der Waals surface area contributed by atoms with Crippen molar-refractivity contribution in [2.24, 2.45) is 5.92 Å². The highest BCUT2D eigenvalue weighted by Crippen LogP contribution is 2.20. The molecule has 102 valence electrons. The minimum atomic E-state index is -3.53. The van der Waals surface area contributed by atoms with Gasteiger partial charge in [0.15, 0.2) is 0 Å². The second kappa shape index (κ2) is 5.19. The Morgan fingerprint density at radius 3 is 2.29 bits per heavy atom. The maximum atomic E-state index is 11.2. The molecule has 0 bridgehead atoms. The van der Waals surface area contributed by atoms with E-state index in [9.17, 15) is 21.9 Å². The molecule has 0 aromatic rings. The van der Waals surface area contributed by atoms with Gasteiger partial charge in [-0.15, -0.1) is 0 Å². The molecule has 1 aliphatic rings. The predicted octanol–water partition coefficient (Wildman–Crippen LogP) is -1.39. The van der Waals surface area contributed by atoms with Crippen LogP contribution in [0.25, 0.3) is 0 Å². The number of hydrogen-bond donors (Lipinski definition) is 1. The minimum absolute atomic E-state index is 0.0172. The van der Waals surface area contributed by atoms with E-state index in [2.05, 4.69) is 4.18 Å². The molecule has 0 aliphatic carbocycles. The average Bonchev–Trinajstić information content (AvgIpc) is 2.12. The Balaban J connectivity index is 2.54. The lowest BCUT2D eigenvalue weighted by Crippen LogP contribution is -2.47. The molecule has 9 heteroatoms. The van der Waals surface area contributed by atoms with Gasteiger partial charge in [-0.3, -0.25) is 4.18 Å². The number of hydrogen-bond acceptors (Lipinski definition) is 6. The molecule has 0 saturated carbocycles. The lowest BCUT2D eigenvalue weighted by atomic mass is 9.96. The number of β-amino-alcohol motifs (C(OH)–C–C–N with tert-alkyl or cyclic N) is 1. The van der Waals surface area contributed by atoms with Gasteiger partial charge in [0.1, 0.15) is 0 Å². The number of aliphatic hydroxyl groups excluding tert-OH is 1. The molecular formula is C8H17NO6S2. The molecule has 0 radical (unpaired) electrons. The molecule has 2 atom stereocenters. The first-order valence-corrected chi connectivity index (χ1v) is 8.73. The van der Waals surface area contributed by atoms with E-state index in [4.69, 9.17) is 0 Å². The molecule has 1 heterocycles. The van der Waals surface area contributed by atoms with E-state index in [0.29, 0.717) is 6.42 Å². The molecule has 0 aromatic carbocycles. The van der Waals surface area contributed by atoms with Crippen LogP contribution in [0.3, 0.4) is 0 Å². The quantitative estimate of drug-likeness (QED) is 0.639. The summed E-state index contributed by atoms with van der Waals surface area (Å²) >= 11 is 0. The van der Waals surface area contributed by atoms with Crippen molar-refractivity contribution in [1.82, 2.24) is 4.31 Å². The van der Waals surface area contributed by atoms with Crippen LogP contribution in [0, 0.1) is 5.92 Å². The Hall–Kier alpha value is -0.220. The molecule has 1 aliphatic heterocycles. The van der Waals surface area contributed by atoms with Crippen molar-refractivity contribution in [1.29, 1.82) is 0 Å². The van der Waals surface area contributed by atoms with E-state index in [1.165, 1.54) is 4.31 Å². The van der Waals surface area contributed by atoms with E-state index < -0.39 is 26.2 Å². The van der Waals surface area contributed by atoms with Crippen LogP contribution >= 0.6 is 0 Å². The molecule has 0 spiro atoms. The van der Waals surface area contributed by atoms with Crippen LogP contribution in [0.2, 0.25) is 0 Å². The fourth-order valence-corrected chi connectivity index (χ4v) is 2.94. The molecule has 1 fully saturated rings. The summed E-state index contributed by atoms with van der Waals surface area (Å²) < 4.78 is 49.9. The smallest absolute Gasteiger partial charge is 0.264 e. The summed E-state index contributed by atoms with van der Waals surface area (Å²) in [4.78, 5) is 0. The number of nitrogens with zero attached hydrogens (tertiary/aromatic N) is 1. The lowest BCUT2D eigenvalue weighted by molar-refractivity contribution is 0.0295. The Labute approximate surface area is 102 Å². The maximum absolute atomic E-state index is 11.2. The summed E-state index contributed by atoms with van der Waals surface area (Å²) in [5, 5.41) is 9.72. The first-order valence-electron chi connectivity index (χ1n) is 5.07. The van der Waals surface area contributed by atoms with Gasteiger partial charge in [0.05, 0.1) is 25.2 Å². The van der Waals surface area contributed by atoms with Crippen LogP contribution < -0.4 is 0 Å². The van der Waals surface area contributed by atoms with Crippen molar-refractivity contribution in [3.05, 3.63) is 0 Å². The summed E-state index contributed by atoms with van der Waals surface area (Å²) in [6.07, 6.45) is 1.49. The third kappa shape index (κ3) is 4.88. The molecule has 0 amide bonds. The average molecular weight is 287 g/mol. The molecule has 1 N–H and O–H groups in total. The van der Waals surface area contributed by atoms with E-state index in [1.807, 2.05) is 0 Å². The zero-order chi connectivity index (χ0) is 13.3. The summed E-state index contributed by atoms with van der Waals surface area (Å²) in [6, 6.07) is 0. The number of piperidine rings is 1. The van der Waals surface area contributed by atoms with Crippen LogP contribution in [0.15, 0.2) is 0 Å². The molecule has 7 nitrogen and oxygen atoms in total. The highest BCUT2D eigenvalue weighted by Gasteiger charge is 2.32. The minimum Gasteiger partial charge on any atom is -0.391 e. The first kappa shape index (κ1) is 14.8. The van der Waals surface area contributed by atoms with Gasteiger partial charge < -0.3 is 5.11 Å². The maximum Gasteiger partial charge on any atom is 0.264 e. The topological polar surface area (TPSA) is 101 Å². The van der Waals surface area contributed by atoms with Gasteiger partial charge in [0.2, 0.25) is 10.0 Å². The molecular weight excluding hydrogens is 270 g/mol. The Morgan fingerprint density at radius 2 is 1.88 bits per heavy atom. The molecule has 1 rings (SSSR count). The highest BCUT2D eigenvalue weighted by molar-refractivity contribution is 7.88. The van der Waals surface area contributed by atoms with Gasteiger partial charge in [-0.1, -0.05) is 0 Å². The Morgan fingerprint density at radius 1 is 1.29 bits per heavy atom. The van der Waals surface area contributed by atoms with E-state index in [1.54, 1.807) is 0 Å². The zero-order valence-corrected chi connectivity index (χ0v) is 11.4. The van der Waals surface area contributed by atoms with E-state index in [0.717, 1.165) is 12.5 Å². The molecule has 2 unspecified atom stereocenters. The summed E-state index contributed by atoms with van der Waals surface area (Å²) in [5.41, 5.74) is 0. The molecule has 17 heavy (non-hydrogen) atoms. The van der Waals surface area contributed by atoms with Gasteiger partial charge in [-0.05, 0) is 6.42 Å². The summed E-state index contributed by atoms with van der Waals surface area (Å²) in [5.74, 6) is -0.359. The normalized spacial score (nSPS) is 28.2. The number of aliphatic hydroxyl groups is 1. The molecule has 1 saturated heterocycles. The van der Waals surface area contributed by atoms with Gasteiger partial charge >= 0.3 is 0 Å². The van der Waals surface area contributed by atoms with Crippen molar-refractivity contribution in [3.8, 4) is 0 Å². The van der Waals surface area contributed by atoms with Crippen molar-refractivity contribution in [3.63, 3.8) is 0 Å². The third-order valence-electron chi connectivity index (χ3n) is 2.65. The Bertz CT molecular complexity index is 456. The first-order chi connectivity index (χ1) is 7.59.